The van der Waals surface area contributed by atoms with Crippen molar-refractivity contribution in [1.29, 1.82) is 0 Å². The SMILES string of the molecule is CC(C)[N+]([O-])(CCO)C(C)C. The summed E-state index contributed by atoms with van der Waals surface area (Å²) in [6.45, 7) is 7.84. The highest BCUT2D eigenvalue weighted by Crippen LogP contribution is 2.16. The third kappa shape index (κ3) is 2.43. The molecule has 0 spiro atoms. The minimum absolute atomic E-state index is 0.0279. The molecule has 0 aromatic carbocycles. The Morgan fingerprint density at radius 1 is 1.18 bits per heavy atom. The molecule has 11 heavy (non-hydrogen) atoms. The average Bonchev–Trinajstić information content (AvgIpc) is 1.87. The molecule has 0 fully saturated rings. The number of hydrogen-bond donors (Lipinski definition) is 1. The molecule has 0 heterocycles. The highest BCUT2D eigenvalue weighted by molar-refractivity contribution is 4.53. The lowest BCUT2D eigenvalue weighted by Crippen LogP contribution is -2.54. The van der Waals surface area contributed by atoms with Crippen molar-refractivity contribution in [2.24, 2.45) is 0 Å². The second-order valence-corrected chi connectivity index (χ2v) is 3.49. The zero-order chi connectivity index (χ0) is 9.07. The van der Waals surface area contributed by atoms with Gasteiger partial charge in [-0.1, -0.05) is 0 Å². The van der Waals surface area contributed by atoms with Gasteiger partial charge in [-0.2, -0.15) is 0 Å². The van der Waals surface area contributed by atoms with Gasteiger partial charge in [0.1, 0.15) is 6.54 Å². The van der Waals surface area contributed by atoms with E-state index in [0.29, 0.717) is 6.54 Å². The highest BCUT2D eigenvalue weighted by Gasteiger charge is 2.24. The van der Waals surface area contributed by atoms with Crippen LogP contribution < -0.4 is 0 Å². The van der Waals surface area contributed by atoms with Crippen LogP contribution in [0.2, 0.25) is 0 Å². The molecule has 0 aliphatic rings. The second kappa shape index (κ2) is 4.04. The van der Waals surface area contributed by atoms with Crippen LogP contribution in [0.4, 0.5) is 0 Å². The van der Waals surface area contributed by atoms with E-state index in [-0.39, 0.29) is 23.3 Å². The largest absolute Gasteiger partial charge is 0.632 e. The third-order valence-corrected chi connectivity index (χ3v) is 2.20. The molecule has 0 saturated heterocycles. The lowest BCUT2D eigenvalue weighted by molar-refractivity contribution is -0.922. The van der Waals surface area contributed by atoms with Gasteiger partial charge in [0.2, 0.25) is 0 Å². The Hall–Kier alpha value is -0.120. The van der Waals surface area contributed by atoms with Crippen LogP contribution in [0.25, 0.3) is 0 Å². The number of aliphatic hydroxyl groups is 1. The number of aliphatic hydroxyl groups excluding tert-OH is 1. The fourth-order valence-corrected chi connectivity index (χ4v) is 1.27. The number of nitrogens with zero attached hydrogens (tertiary/aromatic N) is 1. The van der Waals surface area contributed by atoms with Crippen LogP contribution in [0.1, 0.15) is 27.7 Å². The summed E-state index contributed by atoms with van der Waals surface area (Å²) < 4.78 is -0.295. The molecular formula is C8H19NO2. The molecule has 0 aliphatic heterocycles. The average molecular weight is 161 g/mol. The van der Waals surface area contributed by atoms with E-state index in [1.54, 1.807) is 0 Å². The molecule has 0 radical (unpaired) electrons. The summed E-state index contributed by atoms with van der Waals surface area (Å²) in [5, 5.41) is 20.6. The van der Waals surface area contributed by atoms with Crippen molar-refractivity contribution in [3.8, 4) is 0 Å². The standard InChI is InChI=1S/C8H19NO2/c1-7(2)9(11,5-6-10)8(3)4/h7-8,10H,5-6H2,1-4H3. The van der Waals surface area contributed by atoms with Crippen molar-refractivity contribution in [2.75, 3.05) is 13.2 Å². The summed E-state index contributed by atoms with van der Waals surface area (Å²) in [4.78, 5) is 0. The van der Waals surface area contributed by atoms with E-state index < -0.39 is 0 Å². The lowest BCUT2D eigenvalue weighted by Gasteiger charge is -2.49. The quantitative estimate of drug-likeness (QED) is 0.496. The summed E-state index contributed by atoms with van der Waals surface area (Å²) in [5.41, 5.74) is 0. The Bertz CT molecular complexity index is 105. The van der Waals surface area contributed by atoms with Gasteiger partial charge in [-0.15, -0.1) is 0 Å². The maximum absolute atomic E-state index is 11.9. The van der Waals surface area contributed by atoms with Crippen molar-refractivity contribution in [2.45, 2.75) is 39.8 Å². The van der Waals surface area contributed by atoms with Crippen molar-refractivity contribution in [3.05, 3.63) is 5.21 Å². The van der Waals surface area contributed by atoms with Crippen LogP contribution in [0.5, 0.6) is 0 Å². The number of quaternary nitrogens is 1. The Morgan fingerprint density at radius 2 is 1.55 bits per heavy atom. The third-order valence-electron chi connectivity index (χ3n) is 2.20. The molecular weight excluding hydrogens is 142 g/mol. The molecule has 0 atom stereocenters. The van der Waals surface area contributed by atoms with Gasteiger partial charge < -0.3 is 15.0 Å². The van der Waals surface area contributed by atoms with E-state index in [2.05, 4.69) is 0 Å². The molecule has 0 saturated carbocycles. The monoisotopic (exact) mass is 161 g/mol. The summed E-state index contributed by atoms with van der Waals surface area (Å²) >= 11 is 0. The normalized spacial score (nSPS) is 13.1. The first-order valence-corrected chi connectivity index (χ1v) is 4.14. The molecule has 3 nitrogen and oxygen atoms in total. The van der Waals surface area contributed by atoms with Gasteiger partial charge in [-0.05, 0) is 27.7 Å². The number of rotatable bonds is 4. The predicted octanol–water partition coefficient (Wildman–Crippen LogP) is 1.11. The second-order valence-electron chi connectivity index (χ2n) is 3.49. The first-order valence-electron chi connectivity index (χ1n) is 4.14. The minimum atomic E-state index is -0.295. The van der Waals surface area contributed by atoms with E-state index in [4.69, 9.17) is 5.11 Å². The van der Waals surface area contributed by atoms with Crippen molar-refractivity contribution in [3.63, 3.8) is 0 Å². The van der Waals surface area contributed by atoms with Crippen LogP contribution >= 0.6 is 0 Å². The van der Waals surface area contributed by atoms with Crippen LogP contribution in [0.3, 0.4) is 0 Å². The van der Waals surface area contributed by atoms with Gasteiger partial charge in [-0.3, -0.25) is 0 Å². The first kappa shape index (κ1) is 10.9. The van der Waals surface area contributed by atoms with Gasteiger partial charge in [-0.25, -0.2) is 0 Å². The maximum Gasteiger partial charge on any atom is 0.102 e. The smallest absolute Gasteiger partial charge is 0.102 e. The fourth-order valence-electron chi connectivity index (χ4n) is 1.27. The highest BCUT2D eigenvalue weighted by atomic mass is 16.6. The molecule has 0 unspecified atom stereocenters. The van der Waals surface area contributed by atoms with Crippen molar-refractivity contribution < 1.29 is 9.75 Å². The van der Waals surface area contributed by atoms with Gasteiger partial charge in [0.05, 0.1) is 18.7 Å². The molecule has 3 heteroatoms. The summed E-state index contributed by atoms with van der Waals surface area (Å²) in [6.07, 6.45) is 0. The molecule has 0 bridgehead atoms. The van der Waals surface area contributed by atoms with E-state index in [9.17, 15) is 5.21 Å². The molecule has 68 valence electrons. The van der Waals surface area contributed by atoms with E-state index in [1.807, 2.05) is 27.7 Å². The Balaban J connectivity index is 4.26. The molecule has 1 N–H and O–H groups in total. The predicted molar refractivity (Wildman–Crippen MR) is 45.9 cm³/mol. The van der Waals surface area contributed by atoms with E-state index in [0.717, 1.165) is 0 Å². The minimum Gasteiger partial charge on any atom is -0.632 e. The topological polar surface area (TPSA) is 43.3 Å². The van der Waals surface area contributed by atoms with E-state index >= 15 is 0 Å². The lowest BCUT2D eigenvalue weighted by atomic mass is 10.2. The molecule has 0 aliphatic carbocycles. The number of hydroxylamine groups is 3. The van der Waals surface area contributed by atoms with Crippen molar-refractivity contribution in [1.82, 2.24) is 0 Å². The van der Waals surface area contributed by atoms with Gasteiger partial charge in [0, 0.05) is 0 Å². The maximum atomic E-state index is 11.9. The van der Waals surface area contributed by atoms with Crippen molar-refractivity contribution >= 4 is 0 Å². The van der Waals surface area contributed by atoms with Crippen LogP contribution in [0, 0.1) is 5.21 Å². The zero-order valence-electron chi connectivity index (χ0n) is 7.87. The molecule has 0 amide bonds. The van der Waals surface area contributed by atoms with Gasteiger partial charge in [0.25, 0.3) is 0 Å². The Morgan fingerprint density at radius 3 is 1.64 bits per heavy atom. The summed E-state index contributed by atoms with van der Waals surface area (Å²) in [7, 11) is 0. The van der Waals surface area contributed by atoms with Crippen LogP contribution in [-0.2, 0) is 0 Å². The Kier molecular flexibility index (Phi) is 4.00. The zero-order valence-corrected chi connectivity index (χ0v) is 7.87. The summed E-state index contributed by atoms with van der Waals surface area (Å²) in [6, 6.07) is 0.0595. The van der Waals surface area contributed by atoms with E-state index in [1.165, 1.54) is 0 Å². The summed E-state index contributed by atoms with van der Waals surface area (Å²) in [5.74, 6) is 0. The first-order chi connectivity index (χ1) is 4.95. The molecule has 0 aromatic heterocycles. The fraction of sp³-hybridized carbons (Fsp3) is 1.00. The molecule has 0 aromatic rings. The van der Waals surface area contributed by atoms with Gasteiger partial charge >= 0.3 is 0 Å². The van der Waals surface area contributed by atoms with Gasteiger partial charge in [0.15, 0.2) is 0 Å². The molecule has 0 rings (SSSR count). The Labute approximate surface area is 68.8 Å². The van der Waals surface area contributed by atoms with Crippen LogP contribution in [-0.4, -0.2) is 35.0 Å². The number of hydrogen-bond acceptors (Lipinski definition) is 2. The van der Waals surface area contributed by atoms with Crippen LogP contribution in [0.15, 0.2) is 0 Å².